The predicted octanol–water partition coefficient (Wildman–Crippen LogP) is 4.26. The van der Waals surface area contributed by atoms with Crippen LogP contribution in [0.3, 0.4) is 0 Å². The van der Waals surface area contributed by atoms with E-state index in [4.69, 9.17) is 9.47 Å². The zero-order valence-corrected chi connectivity index (χ0v) is 14.4. The van der Waals surface area contributed by atoms with Gasteiger partial charge in [0.2, 0.25) is 5.78 Å². The third-order valence-electron chi connectivity index (χ3n) is 3.74. The maximum Gasteiger partial charge on any atom is 0.213 e. The fraction of sp³-hybridized carbons (Fsp3) is 0.263. The number of carbonyl (C=O) groups is 1. The maximum atomic E-state index is 12.4. The minimum absolute atomic E-state index is 0.0874. The topological polar surface area (TPSA) is 59.3 Å². The number of ketones is 1. The van der Waals surface area contributed by atoms with Gasteiger partial charge in [0.25, 0.3) is 0 Å². The van der Waals surface area contributed by atoms with Gasteiger partial charge < -0.3 is 9.47 Å². The Balaban J connectivity index is 2.02. The van der Waals surface area contributed by atoms with E-state index in [0.717, 1.165) is 17.7 Å². The molecular weight excluding hydrogens is 322 g/mol. The van der Waals surface area contributed by atoms with Crippen molar-refractivity contribution >= 4 is 23.2 Å². The third-order valence-corrected chi connectivity index (χ3v) is 4.61. The average Bonchev–Trinajstić information content (AvgIpc) is 3.20. The minimum atomic E-state index is -0.273. The van der Waals surface area contributed by atoms with Gasteiger partial charge in [0, 0.05) is 17.5 Å². The normalized spacial score (nSPS) is 16.2. The van der Waals surface area contributed by atoms with Crippen LogP contribution in [-0.4, -0.2) is 18.5 Å². The second-order valence-electron chi connectivity index (χ2n) is 5.54. The van der Waals surface area contributed by atoms with E-state index in [0.29, 0.717) is 22.8 Å². The number of allylic oxidation sites excluding steroid dienone is 1. The molecule has 0 amide bonds. The lowest BCUT2D eigenvalue weighted by molar-refractivity contribution is 0.104. The van der Waals surface area contributed by atoms with Crippen molar-refractivity contribution in [1.29, 1.82) is 5.26 Å². The molecule has 5 heteroatoms. The lowest BCUT2D eigenvalue weighted by Crippen LogP contribution is -2.05. The van der Waals surface area contributed by atoms with Gasteiger partial charge in [-0.2, -0.15) is 5.26 Å². The molecule has 0 fully saturated rings. The molecule has 0 saturated heterocycles. The second-order valence-corrected chi connectivity index (χ2v) is 6.49. The van der Waals surface area contributed by atoms with Gasteiger partial charge in [0.05, 0.1) is 11.5 Å². The third kappa shape index (κ3) is 3.19. The maximum absolute atomic E-state index is 12.4. The molecule has 1 atom stereocenters. The fourth-order valence-corrected chi connectivity index (χ4v) is 3.37. The van der Waals surface area contributed by atoms with E-state index in [-0.39, 0.29) is 17.5 Å². The van der Waals surface area contributed by atoms with Crippen LogP contribution in [0.4, 0.5) is 0 Å². The lowest BCUT2D eigenvalue weighted by atomic mass is 10.0. The molecule has 24 heavy (non-hydrogen) atoms. The van der Waals surface area contributed by atoms with Gasteiger partial charge in [-0.05, 0) is 43.5 Å². The van der Waals surface area contributed by atoms with E-state index in [1.165, 1.54) is 11.3 Å². The first-order valence-corrected chi connectivity index (χ1v) is 8.66. The van der Waals surface area contributed by atoms with Crippen LogP contribution in [0.5, 0.6) is 11.5 Å². The monoisotopic (exact) mass is 339 g/mol. The van der Waals surface area contributed by atoms with E-state index in [9.17, 15) is 10.1 Å². The molecule has 0 spiro atoms. The number of nitriles is 1. The molecule has 3 rings (SSSR count). The van der Waals surface area contributed by atoms with Gasteiger partial charge in [0.1, 0.15) is 29.2 Å². The van der Waals surface area contributed by atoms with E-state index in [1.54, 1.807) is 18.2 Å². The number of hydrogen-bond donors (Lipinski definition) is 0. The lowest BCUT2D eigenvalue weighted by Gasteiger charge is -2.10. The number of fused-ring (bicyclic) bond motifs is 1. The summed E-state index contributed by atoms with van der Waals surface area (Å²) in [7, 11) is 0. The first-order valence-electron chi connectivity index (χ1n) is 7.78. The average molecular weight is 339 g/mol. The Kier molecular flexibility index (Phi) is 4.68. The van der Waals surface area contributed by atoms with Crippen molar-refractivity contribution in [2.75, 3.05) is 6.61 Å². The van der Waals surface area contributed by atoms with Crippen molar-refractivity contribution in [3.63, 3.8) is 0 Å². The van der Waals surface area contributed by atoms with Crippen LogP contribution in [0.1, 0.15) is 34.6 Å². The Labute approximate surface area is 144 Å². The molecule has 2 aromatic rings. The molecule has 4 nitrogen and oxygen atoms in total. The molecule has 1 aliphatic heterocycles. The van der Waals surface area contributed by atoms with Crippen LogP contribution in [0.15, 0.2) is 35.2 Å². The summed E-state index contributed by atoms with van der Waals surface area (Å²) < 4.78 is 11.5. The molecule has 1 aromatic heterocycles. The molecular formula is C19H17NO3S. The summed E-state index contributed by atoms with van der Waals surface area (Å²) in [5, 5.41) is 11.2. The van der Waals surface area contributed by atoms with Crippen molar-refractivity contribution < 1.29 is 14.3 Å². The number of hydrogen-bond acceptors (Lipinski definition) is 5. The standard InChI is InChI=1S/C19H17NO3S/c1-3-22-16-9-13-7-12(2)23-17(13)10-14(16)8-15(11-20)19(21)18-5-4-6-24-18/h4-6,8-10,12H,3,7H2,1-2H3/b15-8+. The summed E-state index contributed by atoms with van der Waals surface area (Å²) in [6.45, 7) is 4.43. The summed E-state index contributed by atoms with van der Waals surface area (Å²) in [6, 6.07) is 9.31. The first-order chi connectivity index (χ1) is 11.6. The van der Waals surface area contributed by atoms with Crippen LogP contribution >= 0.6 is 11.3 Å². The summed E-state index contributed by atoms with van der Waals surface area (Å²) in [6.07, 6.45) is 2.54. The quantitative estimate of drug-likeness (QED) is 0.464. The Morgan fingerprint density at radius 1 is 1.54 bits per heavy atom. The number of nitrogens with zero attached hydrogens (tertiary/aromatic N) is 1. The molecule has 0 aliphatic carbocycles. The van der Waals surface area contributed by atoms with Crippen LogP contribution in [0.25, 0.3) is 6.08 Å². The molecule has 0 bridgehead atoms. The minimum Gasteiger partial charge on any atom is -0.493 e. The summed E-state index contributed by atoms with van der Waals surface area (Å²) in [5.41, 5.74) is 1.86. The predicted molar refractivity (Wildman–Crippen MR) is 93.6 cm³/mol. The second kappa shape index (κ2) is 6.90. The van der Waals surface area contributed by atoms with E-state index < -0.39 is 0 Å². The van der Waals surface area contributed by atoms with E-state index in [1.807, 2.05) is 37.4 Å². The molecule has 1 unspecified atom stereocenters. The van der Waals surface area contributed by atoms with Crippen molar-refractivity contribution in [1.82, 2.24) is 0 Å². The highest BCUT2D eigenvalue weighted by molar-refractivity contribution is 7.12. The Bertz CT molecular complexity index is 831. The Hall–Kier alpha value is -2.58. The van der Waals surface area contributed by atoms with Gasteiger partial charge in [-0.25, -0.2) is 0 Å². The molecule has 0 radical (unpaired) electrons. The van der Waals surface area contributed by atoms with Crippen molar-refractivity contribution in [2.45, 2.75) is 26.4 Å². The molecule has 0 N–H and O–H groups in total. The van der Waals surface area contributed by atoms with Gasteiger partial charge in [-0.3, -0.25) is 4.79 Å². The van der Waals surface area contributed by atoms with Crippen LogP contribution in [0, 0.1) is 11.3 Å². The number of ether oxygens (including phenoxy) is 2. The Morgan fingerprint density at radius 3 is 3.04 bits per heavy atom. The van der Waals surface area contributed by atoms with Gasteiger partial charge in [-0.15, -0.1) is 11.3 Å². The molecule has 122 valence electrons. The van der Waals surface area contributed by atoms with Gasteiger partial charge in [-0.1, -0.05) is 6.07 Å². The highest BCUT2D eigenvalue weighted by Crippen LogP contribution is 2.36. The van der Waals surface area contributed by atoms with E-state index >= 15 is 0 Å². The highest BCUT2D eigenvalue weighted by Gasteiger charge is 2.22. The SMILES string of the molecule is CCOc1cc2c(cc1/C=C(\C#N)C(=O)c1cccs1)OC(C)C2. The number of benzene rings is 1. The van der Waals surface area contributed by atoms with Crippen LogP contribution < -0.4 is 9.47 Å². The number of thiophene rings is 1. The summed E-state index contributed by atoms with van der Waals surface area (Å²) >= 11 is 1.32. The van der Waals surface area contributed by atoms with Crippen LogP contribution in [-0.2, 0) is 6.42 Å². The molecule has 0 saturated carbocycles. The van der Waals surface area contributed by atoms with Crippen molar-refractivity contribution in [3.05, 3.63) is 51.2 Å². The Morgan fingerprint density at radius 2 is 2.38 bits per heavy atom. The number of rotatable bonds is 5. The van der Waals surface area contributed by atoms with Crippen molar-refractivity contribution in [2.24, 2.45) is 0 Å². The molecule has 1 aromatic carbocycles. The van der Waals surface area contributed by atoms with Gasteiger partial charge in [0.15, 0.2) is 0 Å². The fourth-order valence-electron chi connectivity index (χ4n) is 2.69. The zero-order valence-electron chi connectivity index (χ0n) is 13.5. The number of carbonyl (C=O) groups excluding carboxylic acids is 1. The van der Waals surface area contributed by atoms with E-state index in [2.05, 4.69) is 0 Å². The largest absolute Gasteiger partial charge is 0.493 e. The molecule has 1 aliphatic rings. The van der Waals surface area contributed by atoms with Crippen molar-refractivity contribution in [3.8, 4) is 17.6 Å². The summed E-state index contributed by atoms with van der Waals surface area (Å²) in [5.74, 6) is 1.18. The van der Waals surface area contributed by atoms with Gasteiger partial charge >= 0.3 is 0 Å². The first kappa shape index (κ1) is 16.3. The zero-order chi connectivity index (χ0) is 17.1. The smallest absolute Gasteiger partial charge is 0.213 e. The number of Topliss-reactive ketones (excluding diaryl/α,β-unsaturated/α-hetero) is 1. The highest BCUT2D eigenvalue weighted by atomic mass is 32.1. The summed E-state index contributed by atoms with van der Waals surface area (Å²) in [4.78, 5) is 13.0. The molecule has 2 heterocycles. The van der Waals surface area contributed by atoms with Crippen LogP contribution in [0.2, 0.25) is 0 Å².